The molecule has 0 unspecified atom stereocenters. The molecule has 0 bridgehead atoms. The molecular weight excluding hydrogens is 441 g/mol. The van der Waals surface area contributed by atoms with Crippen LogP contribution in [0.15, 0.2) is 53.3 Å². The average Bonchev–Trinajstić information content (AvgIpc) is 3.41. The van der Waals surface area contributed by atoms with Gasteiger partial charge in [0.15, 0.2) is 11.7 Å². The lowest BCUT2D eigenvalue weighted by molar-refractivity contribution is 0.0994. The van der Waals surface area contributed by atoms with E-state index in [1.807, 2.05) is 6.07 Å². The maximum absolute atomic E-state index is 14.7. The van der Waals surface area contributed by atoms with E-state index in [2.05, 4.69) is 30.4 Å². The number of carbonyl (C=O) groups is 1. The number of aryl methyl sites for hydroxylation is 2. The first-order chi connectivity index (χ1) is 16.4. The number of hydrogen-bond acceptors (Lipinski definition) is 8. The van der Waals surface area contributed by atoms with Crippen LogP contribution in [-0.4, -0.2) is 42.6 Å². The van der Waals surface area contributed by atoms with E-state index in [0.717, 1.165) is 5.56 Å². The number of carbonyl (C=O) groups excluding carboxylic acids is 1. The highest BCUT2D eigenvalue weighted by molar-refractivity contribution is 6.03. The molecule has 170 valence electrons. The van der Waals surface area contributed by atoms with Crippen LogP contribution in [0.3, 0.4) is 0 Å². The molecular formula is C23H18FN7O3. The van der Waals surface area contributed by atoms with Crippen LogP contribution >= 0.6 is 0 Å². The number of ether oxygens (including phenoxy) is 1. The molecule has 0 aliphatic heterocycles. The van der Waals surface area contributed by atoms with Crippen LogP contribution < -0.4 is 10.1 Å². The molecule has 10 nitrogen and oxygen atoms in total. The second kappa shape index (κ2) is 8.35. The molecule has 11 heteroatoms. The maximum atomic E-state index is 14.7. The zero-order valence-corrected chi connectivity index (χ0v) is 18.4. The van der Waals surface area contributed by atoms with Gasteiger partial charge < -0.3 is 14.5 Å². The molecule has 5 aromatic rings. The Hall–Kier alpha value is -4.67. The Labute approximate surface area is 192 Å². The molecule has 0 saturated heterocycles. The number of aromatic nitrogens is 6. The van der Waals surface area contributed by atoms with Crippen LogP contribution in [0.4, 0.5) is 10.1 Å². The minimum atomic E-state index is -0.547. The molecule has 1 amide bonds. The number of nitrogens with one attached hydrogen (secondary N) is 1. The summed E-state index contributed by atoms with van der Waals surface area (Å²) in [6.07, 6.45) is 4.94. The first kappa shape index (κ1) is 21.2. The van der Waals surface area contributed by atoms with Crippen LogP contribution in [0.1, 0.15) is 22.1 Å². The van der Waals surface area contributed by atoms with E-state index >= 15 is 0 Å². The van der Waals surface area contributed by atoms with Crippen molar-refractivity contribution in [1.29, 1.82) is 0 Å². The summed E-state index contributed by atoms with van der Waals surface area (Å²) in [5.74, 6) is 0.274. The number of benzene rings is 1. The monoisotopic (exact) mass is 459 g/mol. The van der Waals surface area contributed by atoms with Crippen molar-refractivity contribution in [2.45, 2.75) is 13.8 Å². The Bertz CT molecular complexity index is 1540. The van der Waals surface area contributed by atoms with E-state index in [0.29, 0.717) is 28.7 Å². The van der Waals surface area contributed by atoms with Gasteiger partial charge in [-0.1, -0.05) is 0 Å². The summed E-state index contributed by atoms with van der Waals surface area (Å²) in [5.41, 5.74) is 2.35. The van der Waals surface area contributed by atoms with E-state index in [1.54, 1.807) is 38.5 Å². The van der Waals surface area contributed by atoms with Crippen LogP contribution in [-0.2, 0) is 0 Å². The van der Waals surface area contributed by atoms with Gasteiger partial charge in [0.1, 0.15) is 5.82 Å². The van der Waals surface area contributed by atoms with Crippen molar-refractivity contribution in [3.63, 3.8) is 0 Å². The Balaban J connectivity index is 1.48. The fourth-order valence-electron chi connectivity index (χ4n) is 3.51. The molecule has 0 saturated carbocycles. The second-order valence-electron chi connectivity index (χ2n) is 7.38. The third-order valence-electron chi connectivity index (χ3n) is 5.04. The van der Waals surface area contributed by atoms with E-state index in [9.17, 15) is 9.18 Å². The van der Waals surface area contributed by atoms with Crippen LogP contribution in [0, 0.1) is 19.7 Å². The molecule has 0 aliphatic carbocycles. The summed E-state index contributed by atoms with van der Waals surface area (Å²) in [6, 6.07) is 7.75. The SMILES string of the molecule is COc1ncccc1-c1cnc2nc(-c3cc(NC(=O)c4oc(C)nc4C)ccc3F)nn2c1. The molecule has 1 aromatic carbocycles. The van der Waals surface area contributed by atoms with Gasteiger partial charge in [-0.15, -0.1) is 5.10 Å². The molecule has 0 radical (unpaired) electrons. The predicted octanol–water partition coefficient (Wildman–Crippen LogP) is 3.86. The number of hydrogen-bond donors (Lipinski definition) is 1. The van der Waals surface area contributed by atoms with Crippen molar-refractivity contribution >= 4 is 17.4 Å². The summed E-state index contributed by atoms with van der Waals surface area (Å²) in [4.78, 5) is 29.5. The number of amides is 1. The molecule has 1 N–H and O–H groups in total. The Kier molecular flexibility index (Phi) is 5.21. The summed E-state index contributed by atoms with van der Waals surface area (Å²) < 4.78 is 26.8. The summed E-state index contributed by atoms with van der Waals surface area (Å²) in [7, 11) is 1.53. The van der Waals surface area contributed by atoms with E-state index in [-0.39, 0.29) is 22.9 Å². The molecule has 5 rings (SSSR count). The van der Waals surface area contributed by atoms with Gasteiger partial charge in [-0.2, -0.15) is 4.98 Å². The normalized spacial score (nSPS) is 11.1. The van der Waals surface area contributed by atoms with Gasteiger partial charge in [0.25, 0.3) is 11.7 Å². The topological polar surface area (TPSA) is 120 Å². The number of nitrogens with zero attached hydrogens (tertiary/aromatic N) is 6. The molecule has 0 spiro atoms. The van der Waals surface area contributed by atoms with Gasteiger partial charge >= 0.3 is 0 Å². The lowest BCUT2D eigenvalue weighted by atomic mass is 10.1. The average molecular weight is 459 g/mol. The van der Waals surface area contributed by atoms with Crippen molar-refractivity contribution < 1.29 is 18.3 Å². The lowest BCUT2D eigenvalue weighted by Gasteiger charge is -2.06. The first-order valence-corrected chi connectivity index (χ1v) is 10.2. The molecule has 4 aromatic heterocycles. The van der Waals surface area contributed by atoms with Gasteiger partial charge in [0, 0.05) is 42.3 Å². The minimum Gasteiger partial charge on any atom is -0.481 e. The number of methoxy groups -OCH3 is 1. The number of pyridine rings is 1. The van der Waals surface area contributed by atoms with E-state index in [1.165, 1.54) is 29.8 Å². The third kappa shape index (κ3) is 3.83. The summed E-state index contributed by atoms with van der Waals surface area (Å²) in [5, 5.41) is 7.07. The van der Waals surface area contributed by atoms with Crippen molar-refractivity contribution in [2.24, 2.45) is 0 Å². The zero-order valence-electron chi connectivity index (χ0n) is 18.4. The summed E-state index contributed by atoms with van der Waals surface area (Å²) in [6.45, 7) is 3.32. The Morgan fingerprint density at radius 2 is 2.00 bits per heavy atom. The second-order valence-corrected chi connectivity index (χ2v) is 7.38. The van der Waals surface area contributed by atoms with Crippen LogP contribution in [0.25, 0.3) is 28.3 Å². The van der Waals surface area contributed by atoms with Crippen molar-refractivity contribution in [1.82, 2.24) is 29.5 Å². The smallest absolute Gasteiger partial charge is 0.293 e. The predicted molar refractivity (Wildman–Crippen MR) is 120 cm³/mol. The van der Waals surface area contributed by atoms with Gasteiger partial charge in [-0.25, -0.2) is 23.9 Å². The number of halogens is 1. The highest BCUT2D eigenvalue weighted by Crippen LogP contribution is 2.28. The van der Waals surface area contributed by atoms with Gasteiger partial charge in [-0.3, -0.25) is 4.79 Å². The van der Waals surface area contributed by atoms with Gasteiger partial charge in [-0.05, 0) is 37.3 Å². The van der Waals surface area contributed by atoms with Gasteiger partial charge in [0.05, 0.1) is 18.4 Å². The fourth-order valence-corrected chi connectivity index (χ4v) is 3.51. The Morgan fingerprint density at radius 3 is 2.76 bits per heavy atom. The standard InChI is InChI=1S/C23H18FN7O3/c1-12-19(34-13(2)27-12)21(32)28-15-6-7-18(24)17(9-15)20-29-23-26-10-14(11-31(23)30-20)16-5-4-8-25-22(16)33-3/h4-11H,1-3H3,(H,28,32). The fraction of sp³-hybridized carbons (Fsp3) is 0.130. The van der Waals surface area contributed by atoms with Crippen LogP contribution in [0.2, 0.25) is 0 Å². The minimum absolute atomic E-state index is 0.0942. The number of anilines is 1. The maximum Gasteiger partial charge on any atom is 0.293 e. The largest absolute Gasteiger partial charge is 0.481 e. The van der Waals surface area contributed by atoms with Gasteiger partial charge in [0.2, 0.25) is 11.6 Å². The highest BCUT2D eigenvalue weighted by atomic mass is 19.1. The quantitative estimate of drug-likeness (QED) is 0.421. The molecule has 0 fully saturated rings. The molecule has 34 heavy (non-hydrogen) atoms. The Morgan fingerprint density at radius 1 is 1.15 bits per heavy atom. The molecule has 0 aliphatic rings. The van der Waals surface area contributed by atoms with Crippen molar-refractivity contribution in [2.75, 3.05) is 12.4 Å². The molecule has 4 heterocycles. The zero-order chi connectivity index (χ0) is 23.8. The lowest BCUT2D eigenvalue weighted by Crippen LogP contribution is -2.12. The first-order valence-electron chi connectivity index (χ1n) is 10.2. The van der Waals surface area contributed by atoms with E-state index in [4.69, 9.17) is 9.15 Å². The van der Waals surface area contributed by atoms with E-state index < -0.39 is 11.7 Å². The number of fused-ring (bicyclic) bond motifs is 1. The highest BCUT2D eigenvalue weighted by Gasteiger charge is 2.19. The molecule has 0 atom stereocenters. The van der Waals surface area contributed by atoms with Crippen molar-refractivity contribution in [3.05, 3.63) is 72.1 Å². The number of oxazole rings is 1. The van der Waals surface area contributed by atoms with Crippen molar-refractivity contribution in [3.8, 4) is 28.4 Å². The third-order valence-corrected chi connectivity index (χ3v) is 5.04. The summed E-state index contributed by atoms with van der Waals surface area (Å²) >= 11 is 0. The number of rotatable bonds is 5. The van der Waals surface area contributed by atoms with Crippen LogP contribution in [0.5, 0.6) is 5.88 Å².